The van der Waals surface area contributed by atoms with Crippen LogP contribution in [0.5, 0.6) is 0 Å². The molecule has 0 radical (unpaired) electrons. The lowest BCUT2D eigenvalue weighted by Crippen LogP contribution is -2.43. The van der Waals surface area contributed by atoms with Crippen molar-refractivity contribution in [3.8, 4) is 0 Å². The van der Waals surface area contributed by atoms with Crippen LogP contribution in [0.2, 0.25) is 0 Å². The number of benzene rings is 2. The van der Waals surface area contributed by atoms with Crippen molar-refractivity contribution < 1.29 is 14.4 Å². The molecule has 1 aromatic heterocycles. The molecule has 33 heavy (non-hydrogen) atoms. The third kappa shape index (κ3) is 3.62. The molecule has 1 aliphatic heterocycles. The van der Waals surface area contributed by atoms with E-state index in [1.165, 1.54) is 6.42 Å². The van der Waals surface area contributed by atoms with E-state index < -0.39 is 0 Å². The van der Waals surface area contributed by atoms with Crippen LogP contribution in [0, 0.1) is 0 Å². The summed E-state index contributed by atoms with van der Waals surface area (Å²) in [7, 11) is 0. The average Bonchev–Trinajstić information content (AvgIpc) is 3.30. The minimum absolute atomic E-state index is 0.115. The summed E-state index contributed by atoms with van der Waals surface area (Å²) in [4.78, 5) is 41.1. The fraction of sp³-hybridized carbons (Fsp3) is 0.321. The Labute approximate surface area is 193 Å². The molecule has 5 nitrogen and oxygen atoms in total. The minimum Gasteiger partial charge on any atom is -0.338 e. The number of Topliss-reactive ketones (excluding diaryl/α,β-unsaturated/α-hetero) is 2. The van der Waals surface area contributed by atoms with Gasteiger partial charge in [-0.2, -0.15) is 0 Å². The molecule has 0 bridgehead atoms. The number of aryl methyl sites for hydroxylation is 1. The van der Waals surface area contributed by atoms with Gasteiger partial charge in [0.15, 0.2) is 11.6 Å². The molecule has 5 rings (SSSR count). The fourth-order valence-electron chi connectivity index (χ4n) is 5.25. The van der Waals surface area contributed by atoms with E-state index in [4.69, 9.17) is 0 Å². The molecular weight excluding hydrogens is 412 g/mol. The lowest BCUT2D eigenvalue weighted by atomic mass is 10.0. The summed E-state index contributed by atoms with van der Waals surface area (Å²) in [5, 5.41) is 0.956. The van der Waals surface area contributed by atoms with Gasteiger partial charge in [0.25, 0.3) is 0 Å². The number of amides is 1. The smallest absolute Gasteiger partial charge is 0.242 e. The Bertz CT molecular complexity index is 1280. The molecule has 2 aromatic carbocycles. The Balaban J connectivity index is 1.57. The van der Waals surface area contributed by atoms with Crippen molar-refractivity contribution in [2.75, 3.05) is 6.54 Å². The zero-order chi connectivity index (χ0) is 23.1. The molecule has 1 atom stereocenters. The van der Waals surface area contributed by atoms with E-state index in [1.54, 1.807) is 30.3 Å². The number of hydrogen-bond acceptors (Lipinski definition) is 3. The molecular formula is C28H28N2O3. The van der Waals surface area contributed by atoms with Gasteiger partial charge in [0, 0.05) is 40.9 Å². The van der Waals surface area contributed by atoms with Gasteiger partial charge >= 0.3 is 0 Å². The van der Waals surface area contributed by atoms with Crippen molar-refractivity contribution in [1.82, 2.24) is 9.47 Å². The predicted octanol–water partition coefficient (Wildman–Crippen LogP) is 5.07. The molecule has 0 saturated carbocycles. The van der Waals surface area contributed by atoms with Crippen molar-refractivity contribution in [1.29, 1.82) is 0 Å². The Kier molecular flexibility index (Phi) is 5.49. The van der Waals surface area contributed by atoms with E-state index in [0.29, 0.717) is 11.1 Å². The summed E-state index contributed by atoms with van der Waals surface area (Å²) < 4.78 is 2.00. The van der Waals surface area contributed by atoms with Crippen LogP contribution in [0.15, 0.2) is 54.2 Å². The summed E-state index contributed by atoms with van der Waals surface area (Å²) in [6.07, 6.45) is 7.71. The number of allylic oxidation sites excluding steroid dienone is 1. The predicted molar refractivity (Wildman–Crippen MR) is 129 cm³/mol. The highest BCUT2D eigenvalue weighted by molar-refractivity contribution is 6.41. The molecule has 3 aromatic rings. The van der Waals surface area contributed by atoms with Crippen molar-refractivity contribution in [3.05, 3.63) is 76.5 Å². The normalized spacial score (nSPS) is 18.2. The molecule has 1 fully saturated rings. The van der Waals surface area contributed by atoms with Gasteiger partial charge in [-0.1, -0.05) is 49.4 Å². The number of carbonyl (C=O) groups excluding carboxylic acids is 3. The number of aromatic nitrogens is 1. The minimum atomic E-state index is -0.235. The SMILES string of the molecule is CCc1cccc2c(C=C3C(=O)c4ccccc4C3=O)cn(CC(=O)N3CCCC[C@H]3C)c12. The quantitative estimate of drug-likeness (QED) is 0.421. The van der Waals surface area contributed by atoms with Crippen LogP contribution < -0.4 is 0 Å². The fourth-order valence-corrected chi connectivity index (χ4v) is 5.25. The largest absolute Gasteiger partial charge is 0.338 e. The van der Waals surface area contributed by atoms with Gasteiger partial charge in [0.2, 0.25) is 5.91 Å². The monoisotopic (exact) mass is 440 g/mol. The van der Waals surface area contributed by atoms with Crippen LogP contribution in [0.3, 0.4) is 0 Å². The lowest BCUT2D eigenvalue weighted by Gasteiger charge is -2.33. The number of carbonyl (C=O) groups is 3. The van der Waals surface area contributed by atoms with Crippen LogP contribution in [-0.2, 0) is 17.8 Å². The number of hydrogen-bond donors (Lipinski definition) is 0. The number of piperidine rings is 1. The highest BCUT2D eigenvalue weighted by atomic mass is 16.2. The number of likely N-dealkylation sites (tertiary alicyclic amines) is 1. The Morgan fingerprint density at radius 2 is 1.76 bits per heavy atom. The molecule has 2 heterocycles. The van der Waals surface area contributed by atoms with Crippen molar-refractivity contribution in [2.45, 2.75) is 52.1 Å². The number of para-hydroxylation sites is 1. The maximum Gasteiger partial charge on any atom is 0.242 e. The lowest BCUT2D eigenvalue weighted by molar-refractivity contribution is -0.135. The first-order valence-corrected chi connectivity index (χ1v) is 11.8. The molecule has 0 unspecified atom stereocenters. The molecule has 1 aliphatic carbocycles. The summed E-state index contributed by atoms with van der Waals surface area (Å²) in [6, 6.07) is 13.3. The van der Waals surface area contributed by atoms with Gasteiger partial charge in [-0.15, -0.1) is 0 Å². The van der Waals surface area contributed by atoms with E-state index in [2.05, 4.69) is 19.9 Å². The van der Waals surface area contributed by atoms with Gasteiger partial charge in [0.1, 0.15) is 6.54 Å². The van der Waals surface area contributed by atoms with Crippen LogP contribution in [0.1, 0.15) is 65.0 Å². The number of fused-ring (bicyclic) bond motifs is 2. The van der Waals surface area contributed by atoms with Gasteiger partial charge in [-0.25, -0.2) is 0 Å². The molecule has 5 heteroatoms. The van der Waals surface area contributed by atoms with Gasteiger partial charge in [-0.05, 0) is 44.2 Å². The first-order valence-electron chi connectivity index (χ1n) is 11.8. The molecule has 2 aliphatic rings. The molecule has 1 saturated heterocycles. The second-order valence-electron chi connectivity index (χ2n) is 9.07. The van der Waals surface area contributed by atoms with E-state index >= 15 is 0 Å². The van der Waals surface area contributed by atoms with E-state index in [-0.39, 0.29) is 35.6 Å². The maximum atomic E-state index is 13.2. The summed E-state index contributed by atoms with van der Waals surface area (Å²) in [5.41, 5.74) is 4.05. The topological polar surface area (TPSA) is 59.4 Å². The highest BCUT2D eigenvalue weighted by Crippen LogP contribution is 2.32. The number of nitrogens with zero attached hydrogens (tertiary/aromatic N) is 2. The maximum absolute atomic E-state index is 13.2. The second kappa shape index (κ2) is 8.47. The van der Waals surface area contributed by atoms with Gasteiger partial charge in [0.05, 0.1) is 11.1 Å². The zero-order valence-corrected chi connectivity index (χ0v) is 19.1. The van der Waals surface area contributed by atoms with E-state index in [9.17, 15) is 14.4 Å². The third-order valence-corrected chi connectivity index (χ3v) is 7.03. The standard InChI is InChI=1S/C28H28N2O3/c1-3-19-10-8-13-21-20(15-24-27(32)22-11-4-5-12-23(22)28(24)33)16-29(26(19)21)17-25(31)30-14-7-6-9-18(30)2/h4-5,8,10-13,15-16,18H,3,6-7,9,14,17H2,1-2H3/t18-/m1/s1. The number of ketones is 2. The third-order valence-electron chi connectivity index (χ3n) is 7.03. The Morgan fingerprint density at radius 1 is 1.03 bits per heavy atom. The van der Waals surface area contributed by atoms with Crippen LogP contribution >= 0.6 is 0 Å². The van der Waals surface area contributed by atoms with E-state index in [0.717, 1.165) is 47.8 Å². The first kappa shape index (κ1) is 21.4. The number of rotatable bonds is 4. The van der Waals surface area contributed by atoms with Crippen molar-refractivity contribution in [2.24, 2.45) is 0 Å². The average molecular weight is 441 g/mol. The van der Waals surface area contributed by atoms with Crippen molar-refractivity contribution >= 4 is 34.5 Å². The summed E-state index contributed by atoms with van der Waals surface area (Å²) >= 11 is 0. The van der Waals surface area contributed by atoms with Crippen LogP contribution in [-0.4, -0.2) is 39.5 Å². The highest BCUT2D eigenvalue weighted by Gasteiger charge is 2.33. The molecule has 0 spiro atoms. The Morgan fingerprint density at radius 3 is 2.42 bits per heavy atom. The molecule has 0 N–H and O–H groups in total. The summed E-state index contributed by atoms with van der Waals surface area (Å²) in [5.74, 6) is -0.354. The molecule has 1 amide bonds. The first-order chi connectivity index (χ1) is 16.0. The Hall–Kier alpha value is -3.47. The van der Waals surface area contributed by atoms with Gasteiger partial charge in [-0.3, -0.25) is 14.4 Å². The zero-order valence-electron chi connectivity index (χ0n) is 19.1. The van der Waals surface area contributed by atoms with Crippen molar-refractivity contribution in [3.63, 3.8) is 0 Å². The van der Waals surface area contributed by atoms with E-state index in [1.807, 2.05) is 27.8 Å². The van der Waals surface area contributed by atoms with Gasteiger partial charge < -0.3 is 9.47 Å². The second-order valence-corrected chi connectivity index (χ2v) is 9.07. The molecule has 168 valence electrons. The summed E-state index contributed by atoms with van der Waals surface area (Å²) in [6.45, 7) is 5.27. The van der Waals surface area contributed by atoms with Crippen LogP contribution in [0.4, 0.5) is 0 Å². The van der Waals surface area contributed by atoms with Crippen LogP contribution in [0.25, 0.3) is 17.0 Å².